The molecule has 1 aromatic carbocycles. The largest absolute Gasteiger partial charge is 0.369 e. The van der Waals surface area contributed by atoms with Crippen molar-refractivity contribution >= 4 is 28.6 Å². The summed E-state index contributed by atoms with van der Waals surface area (Å²) in [6.07, 6.45) is 1.16. The van der Waals surface area contributed by atoms with E-state index in [1.807, 2.05) is 24.4 Å². The second-order valence-corrected chi connectivity index (χ2v) is 7.21. The fourth-order valence-electron chi connectivity index (χ4n) is 2.78. The molecule has 1 saturated heterocycles. The lowest BCUT2D eigenvalue weighted by molar-refractivity contribution is -0.116. The summed E-state index contributed by atoms with van der Waals surface area (Å²) in [6.45, 7) is 6.26. The minimum atomic E-state index is 0.0372. The van der Waals surface area contributed by atoms with Gasteiger partial charge in [-0.2, -0.15) is 0 Å². The summed E-state index contributed by atoms with van der Waals surface area (Å²) in [7, 11) is 2.16. The molecule has 2 heterocycles. The molecule has 6 heteroatoms. The van der Waals surface area contributed by atoms with Crippen LogP contribution in [0, 0.1) is 6.92 Å². The number of thiazole rings is 1. The molecule has 1 fully saturated rings. The lowest BCUT2D eigenvalue weighted by Gasteiger charge is -2.34. The second-order valence-electron chi connectivity index (χ2n) is 6.27. The highest BCUT2D eigenvalue weighted by atomic mass is 32.1. The summed E-state index contributed by atoms with van der Waals surface area (Å²) < 4.78 is 0. The number of amides is 1. The standard InChI is InChI=1S/C18H24N4OS/c1-14-13-24-18(19-14)8-7-17(23)20-15-3-5-16(6-4-15)22-11-9-21(2)10-12-22/h3-6,13H,7-12H2,1-2H3,(H,20,23). The third kappa shape index (κ3) is 4.55. The monoisotopic (exact) mass is 344 g/mol. The van der Waals surface area contributed by atoms with Gasteiger partial charge in [0.05, 0.1) is 5.01 Å². The smallest absolute Gasteiger partial charge is 0.224 e. The van der Waals surface area contributed by atoms with E-state index >= 15 is 0 Å². The van der Waals surface area contributed by atoms with E-state index in [1.165, 1.54) is 5.69 Å². The Hall–Kier alpha value is -1.92. The number of hydrogen-bond donors (Lipinski definition) is 1. The molecular formula is C18H24N4OS. The van der Waals surface area contributed by atoms with E-state index in [4.69, 9.17) is 0 Å². The lowest BCUT2D eigenvalue weighted by Crippen LogP contribution is -2.44. The van der Waals surface area contributed by atoms with E-state index in [0.29, 0.717) is 12.8 Å². The Labute approximate surface area is 147 Å². The summed E-state index contributed by atoms with van der Waals surface area (Å²) in [5.41, 5.74) is 3.10. The highest BCUT2D eigenvalue weighted by molar-refractivity contribution is 7.09. The van der Waals surface area contributed by atoms with Gasteiger partial charge in [0.15, 0.2) is 0 Å². The number of benzene rings is 1. The van der Waals surface area contributed by atoms with Gasteiger partial charge in [-0.15, -0.1) is 11.3 Å². The zero-order valence-electron chi connectivity index (χ0n) is 14.3. The van der Waals surface area contributed by atoms with Crippen molar-refractivity contribution in [1.29, 1.82) is 0 Å². The summed E-state index contributed by atoms with van der Waals surface area (Å²) in [6, 6.07) is 8.15. The van der Waals surface area contributed by atoms with Gasteiger partial charge in [0.25, 0.3) is 0 Å². The van der Waals surface area contributed by atoms with Crippen molar-refractivity contribution in [2.24, 2.45) is 0 Å². The molecule has 1 amide bonds. The predicted molar refractivity (Wildman–Crippen MR) is 100.0 cm³/mol. The molecule has 1 aliphatic rings. The van der Waals surface area contributed by atoms with Crippen molar-refractivity contribution in [2.45, 2.75) is 19.8 Å². The highest BCUT2D eigenvalue weighted by Crippen LogP contribution is 2.19. The van der Waals surface area contributed by atoms with E-state index in [9.17, 15) is 4.79 Å². The summed E-state index contributed by atoms with van der Waals surface area (Å²) in [4.78, 5) is 21.2. The minimum absolute atomic E-state index is 0.0372. The minimum Gasteiger partial charge on any atom is -0.369 e. The number of rotatable bonds is 5. The van der Waals surface area contributed by atoms with Crippen LogP contribution in [-0.2, 0) is 11.2 Å². The molecular weight excluding hydrogens is 320 g/mol. The first-order valence-corrected chi connectivity index (χ1v) is 9.22. The molecule has 0 radical (unpaired) electrons. The number of likely N-dealkylation sites (N-methyl/N-ethyl adjacent to an activating group) is 1. The molecule has 128 valence electrons. The van der Waals surface area contributed by atoms with Crippen LogP contribution in [0.2, 0.25) is 0 Å². The van der Waals surface area contributed by atoms with Crippen LogP contribution in [0.1, 0.15) is 17.1 Å². The van der Waals surface area contributed by atoms with Crippen molar-refractivity contribution in [1.82, 2.24) is 9.88 Å². The molecule has 1 N–H and O–H groups in total. The third-order valence-corrected chi connectivity index (χ3v) is 5.28. The van der Waals surface area contributed by atoms with Crippen molar-refractivity contribution in [3.8, 4) is 0 Å². The van der Waals surface area contributed by atoms with Gasteiger partial charge in [-0.05, 0) is 38.2 Å². The van der Waals surface area contributed by atoms with E-state index in [2.05, 4.69) is 39.3 Å². The lowest BCUT2D eigenvalue weighted by atomic mass is 10.2. The van der Waals surface area contributed by atoms with Gasteiger partial charge in [0, 0.05) is 61.5 Å². The highest BCUT2D eigenvalue weighted by Gasteiger charge is 2.14. The van der Waals surface area contributed by atoms with Gasteiger partial charge in [-0.1, -0.05) is 0 Å². The molecule has 0 saturated carbocycles. The average molecular weight is 344 g/mol. The molecule has 1 aromatic heterocycles. The number of carbonyl (C=O) groups is 1. The van der Waals surface area contributed by atoms with E-state index < -0.39 is 0 Å². The van der Waals surface area contributed by atoms with Crippen LogP contribution in [0.5, 0.6) is 0 Å². The van der Waals surface area contributed by atoms with Crippen LogP contribution in [0.15, 0.2) is 29.6 Å². The third-order valence-electron chi connectivity index (χ3n) is 4.25. The Morgan fingerprint density at radius 3 is 2.54 bits per heavy atom. The number of nitrogens with one attached hydrogen (secondary N) is 1. The number of carbonyl (C=O) groups excluding carboxylic acids is 1. The number of nitrogens with zero attached hydrogens (tertiary/aromatic N) is 3. The molecule has 0 unspecified atom stereocenters. The molecule has 0 atom stereocenters. The van der Waals surface area contributed by atoms with E-state index in [-0.39, 0.29) is 5.91 Å². The Morgan fingerprint density at radius 2 is 1.92 bits per heavy atom. The molecule has 1 aliphatic heterocycles. The van der Waals surface area contributed by atoms with Crippen molar-refractivity contribution in [3.05, 3.63) is 40.3 Å². The topological polar surface area (TPSA) is 48.5 Å². The van der Waals surface area contributed by atoms with Crippen molar-refractivity contribution < 1.29 is 4.79 Å². The number of aryl methyl sites for hydroxylation is 2. The number of hydrogen-bond acceptors (Lipinski definition) is 5. The molecule has 24 heavy (non-hydrogen) atoms. The van der Waals surface area contributed by atoms with Crippen LogP contribution in [0.4, 0.5) is 11.4 Å². The maximum atomic E-state index is 12.1. The first-order chi connectivity index (χ1) is 11.6. The Morgan fingerprint density at radius 1 is 1.21 bits per heavy atom. The van der Waals surface area contributed by atoms with Gasteiger partial charge >= 0.3 is 0 Å². The van der Waals surface area contributed by atoms with Gasteiger partial charge in [-0.25, -0.2) is 4.98 Å². The van der Waals surface area contributed by atoms with Crippen LogP contribution < -0.4 is 10.2 Å². The first kappa shape index (κ1) is 16.9. The van der Waals surface area contributed by atoms with Gasteiger partial charge in [0.2, 0.25) is 5.91 Å². The second kappa shape index (κ2) is 7.77. The Bertz CT molecular complexity index is 675. The quantitative estimate of drug-likeness (QED) is 0.906. The Kier molecular flexibility index (Phi) is 5.48. The summed E-state index contributed by atoms with van der Waals surface area (Å²) in [5, 5.41) is 6.01. The molecule has 0 bridgehead atoms. The molecule has 5 nitrogen and oxygen atoms in total. The zero-order chi connectivity index (χ0) is 16.9. The Balaban J connectivity index is 1.49. The first-order valence-electron chi connectivity index (χ1n) is 8.34. The van der Waals surface area contributed by atoms with Gasteiger partial charge in [-0.3, -0.25) is 4.79 Å². The van der Waals surface area contributed by atoms with Crippen molar-refractivity contribution in [3.63, 3.8) is 0 Å². The van der Waals surface area contributed by atoms with Crippen molar-refractivity contribution in [2.75, 3.05) is 43.4 Å². The van der Waals surface area contributed by atoms with E-state index in [1.54, 1.807) is 11.3 Å². The number of piperazine rings is 1. The van der Waals surface area contributed by atoms with Crippen LogP contribution in [-0.4, -0.2) is 49.0 Å². The maximum Gasteiger partial charge on any atom is 0.224 e. The molecule has 2 aromatic rings. The molecule has 0 aliphatic carbocycles. The normalized spacial score (nSPS) is 15.5. The fraction of sp³-hybridized carbons (Fsp3) is 0.444. The zero-order valence-corrected chi connectivity index (χ0v) is 15.1. The van der Waals surface area contributed by atoms with Gasteiger partial charge < -0.3 is 15.1 Å². The SMILES string of the molecule is Cc1csc(CCC(=O)Nc2ccc(N3CCN(C)CC3)cc2)n1. The summed E-state index contributed by atoms with van der Waals surface area (Å²) in [5.74, 6) is 0.0372. The van der Waals surface area contributed by atoms with Crippen LogP contribution in [0.3, 0.4) is 0 Å². The fourth-order valence-corrected chi connectivity index (χ4v) is 3.56. The van der Waals surface area contributed by atoms with E-state index in [0.717, 1.165) is 42.6 Å². The average Bonchev–Trinajstić information content (AvgIpc) is 3.00. The number of aromatic nitrogens is 1. The van der Waals surface area contributed by atoms with Crippen LogP contribution >= 0.6 is 11.3 Å². The summed E-state index contributed by atoms with van der Waals surface area (Å²) >= 11 is 1.62. The molecule has 3 rings (SSSR count). The number of anilines is 2. The predicted octanol–water partition coefficient (Wildman–Crippen LogP) is 2.77. The maximum absolute atomic E-state index is 12.1. The van der Waals surface area contributed by atoms with Gasteiger partial charge in [0.1, 0.15) is 0 Å². The molecule has 0 spiro atoms. The van der Waals surface area contributed by atoms with Crippen LogP contribution in [0.25, 0.3) is 0 Å².